The fourth-order valence-corrected chi connectivity index (χ4v) is 4.42. The molecule has 2 amide bonds. The van der Waals surface area contributed by atoms with Crippen LogP contribution in [0.4, 0.5) is 5.69 Å². The summed E-state index contributed by atoms with van der Waals surface area (Å²) in [7, 11) is 0. The van der Waals surface area contributed by atoms with E-state index in [4.69, 9.17) is 11.6 Å². The molecule has 4 rings (SSSR count). The number of fused-ring (bicyclic) bond motifs is 1. The number of anilines is 1. The van der Waals surface area contributed by atoms with Crippen LogP contribution < -0.4 is 5.32 Å². The summed E-state index contributed by atoms with van der Waals surface area (Å²) in [5.74, 6) is -1.72. The minimum absolute atomic E-state index is 0.0223. The number of nitrogens with zero attached hydrogens (tertiary/aromatic N) is 2. The molecule has 1 atom stereocenters. The lowest BCUT2D eigenvalue weighted by molar-refractivity contribution is -0.120. The third kappa shape index (κ3) is 3.92. The lowest BCUT2D eigenvalue weighted by Gasteiger charge is -2.28. The first-order valence-corrected chi connectivity index (χ1v) is 10.3. The average molecular weight is 442 g/mol. The lowest BCUT2D eigenvalue weighted by Crippen LogP contribution is -2.46. The van der Waals surface area contributed by atoms with Crippen LogP contribution in [-0.2, 0) is 17.8 Å². The highest BCUT2D eigenvalue weighted by Gasteiger charge is 2.36. The van der Waals surface area contributed by atoms with Gasteiger partial charge in [-0.1, -0.05) is 23.7 Å². The second-order valence-corrected chi connectivity index (χ2v) is 8.07. The molecule has 3 aromatic rings. The van der Waals surface area contributed by atoms with Crippen molar-refractivity contribution in [3.05, 3.63) is 80.8 Å². The van der Waals surface area contributed by atoms with Crippen LogP contribution >= 0.6 is 22.9 Å². The Balaban J connectivity index is 1.71. The van der Waals surface area contributed by atoms with Gasteiger partial charge in [-0.25, -0.2) is 4.79 Å². The lowest BCUT2D eigenvalue weighted by atomic mass is 10.1. The molecule has 1 aromatic carbocycles. The molecule has 0 bridgehead atoms. The van der Waals surface area contributed by atoms with Crippen LogP contribution in [0.3, 0.4) is 0 Å². The van der Waals surface area contributed by atoms with Gasteiger partial charge in [-0.2, -0.15) is 0 Å². The first-order chi connectivity index (χ1) is 14.4. The number of thiophene rings is 1. The van der Waals surface area contributed by atoms with E-state index in [-0.39, 0.29) is 35.4 Å². The highest BCUT2D eigenvalue weighted by molar-refractivity contribution is 7.12. The minimum atomic E-state index is -1.13. The van der Waals surface area contributed by atoms with Gasteiger partial charge in [0, 0.05) is 24.9 Å². The number of carboxylic acids is 1. The summed E-state index contributed by atoms with van der Waals surface area (Å²) >= 11 is 7.35. The molecule has 0 fully saturated rings. The maximum Gasteiger partial charge on any atom is 0.337 e. The van der Waals surface area contributed by atoms with Crippen LogP contribution in [0.5, 0.6) is 0 Å². The van der Waals surface area contributed by atoms with Crippen molar-refractivity contribution >= 4 is 46.4 Å². The summed E-state index contributed by atoms with van der Waals surface area (Å²) in [5, 5.41) is 13.8. The molecule has 2 N–H and O–H groups in total. The Hall–Kier alpha value is -3.23. The molecule has 152 valence electrons. The van der Waals surface area contributed by atoms with E-state index < -0.39 is 12.0 Å². The van der Waals surface area contributed by atoms with Crippen molar-refractivity contribution in [3.63, 3.8) is 0 Å². The maximum atomic E-state index is 13.3. The number of hydrogen-bond donors (Lipinski definition) is 2. The Bertz CT molecular complexity index is 1130. The van der Waals surface area contributed by atoms with E-state index in [0.717, 1.165) is 0 Å². The third-order valence-corrected chi connectivity index (χ3v) is 6.02. The average Bonchev–Trinajstić information content (AvgIpc) is 3.15. The van der Waals surface area contributed by atoms with E-state index in [9.17, 15) is 19.5 Å². The zero-order chi connectivity index (χ0) is 21.3. The Morgan fingerprint density at radius 1 is 1.23 bits per heavy atom. The smallest absolute Gasteiger partial charge is 0.337 e. The van der Waals surface area contributed by atoms with Crippen LogP contribution in [0.25, 0.3) is 0 Å². The van der Waals surface area contributed by atoms with E-state index in [0.29, 0.717) is 21.8 Å². The number of carbonyl (C=O) groups excluding carboxylic acids is 2. The molecule has 1 aliphatic heterocycles. The second-order valence-electron chi connectivity index (χ2n) is 6.75. The van der Waals surface area contributed by atoms with E-state index in [1.54, 1.807) is 35.8 Å². The van der Waals surface area contributed by atoms with Gasteiger partial charge in [0.05, 0.1) is 16.3 Å². The van der Waals surface area contributed by atoms with Gasteiger partial charge in [-0.05, 0) is 41.3 Å². The number of benzene rings is 1. The van der Waals surface area contributed by atoms with Gasteiger partial charge in [0.25, 0.3) is 5.91 Å². The Labute approximate surface area is 180 Å². The van der Waals surface area contributed by atoms with Gasteiger partial charge in [-0.15, -0.1) is 11.3 Å². The van der Waals surface area contributed by atoms with E-state index in [2.05, 4.69) is 10.3 Å². The summed E-state index contributed by atoms with van der Waals surface area (Å²) in [5.41, 5.74) is 1.77. The van der Waals surface area contributed by atoms with Gasteiger partial charge >= 0.3 is 5.97 Å². The van der Waals surface area contributed by atoms with E-state index in [1.165, 1.54) is 28.4 Å². The Morgan fingerprint density at radius 2 is 2.07 bits per heavy atom. The van der Waals surface area contributed by atoms with Gasteiger partial charge in [0.2, 0.25) is 5.91 Å². The normalized spacial score (nSPS) is 16.0. The number of aromatic carboxylic acids is 1. The summed E-state index contributed by atoms with van der Waals surface area (Å²) in [4.78, 5) is 43.7. The summed E-state index contributed by atoms with van der Waals surface area (Å²) in [6.45, 7) is 0.0979. The van der Waals surface area contributed by atoms with E-state index in [1.807, 2.05) is 6.07 Å². The minimum Gasteiger partial charge on any atom is -0.478 e. The van der Waals surface area contributed by atoms with Crippen LogP contribution in [-0.4, -0.2) is 38.8 Å². The van der Waals surface area contributed by atoms with Crippen molar-refractivity contribution in [1.29, 1.82) is 0 Å². The van der Waals surface area contributed by atoms with Gasteiger partial charge in [0.1, 0.15) is 10.9 Å². The standard InChI is InChI=1S/C21H16ClN3O4S/c22-15-9-12(4-5-14(15)21(28)29)11-25-17(10-13-3-1-2-7-23-13)19(26)24-16-6-8-30-18(16)20(25)27/h1-9,17H,10-11H2,(H,24,26)(H,28,29). The number of pyridine rings is 1. The number of carboxylic acid groups (broad SMARTS) is 1. The van der Waals surface area contributed by atoms with E-state index >= 15 is 0 Å². The molecule has 1 unspecified atom stereocenters. The Kier molecular flexibility index (Phi) is 5.52. The predicted molar refractivity (Wildman–Crippen MR) is 113 cm³/mol. The highest BCUT2D eigenvalue weighted by atomic mass is 35.5. The topological polar surface area (TPSA) is 99.6 Å². The third-order valence-electron chi connectivity index (χ3n) is 4.80. The number of aromatic nitrogens is 1. The van der Waals surface area contributed by atoms with Crippen LogP contribution in [0.15, 0.2) is 54.0 Å². The molecule has 9 heteroatoms. The maximum absolute atomic E-state index is 13.3. The van der Waals surface area contributed by atoms with Crippen molar-refractivity contribution in [1.82, 2.24) is 9.88 Å². The monoisotopic (exact) mass is 441 g/mol. The van der Waals surface area contributed by atoms with Crippen molar-refractivity contribution in [2.75, 3.05) is 5.32 Å². The summed E-state index contributed by atoms with van der Waals surface area (Å²) in [6, 6.07) is 10.8. The zero-order valence-electron chi connectivity index (χ0n) is 15.5. The first kappa shape index (κ1) is 20.1. The van der Waals surface area contributed by atoms with Crippen molar-refractivity contribution in [2.24, 2.45) is 0 Å². The molecule has 0 saturated carbocycles. The predicted octanol–water partition coefficient (Wildman–Crippen LogP) is 3.70. The molecule has 2 aromatic heterocycles. The molecule has 3 heterocycles. The fourth-order valence-electron chi connectivity index (χ4n) is 3.33. The van der Waals surface area contributed by atoms with Gasteiger partial charge in [-0.3, -0.25) is 14.6 Å². The second kappa shape index (κ2) is 8.25. The molecule has 0 saturated heterocycles. The molecule has 7 nitrogen and oxygen atoms in total. The summed E-state index contributed by atoms with van der Waals surface area (Å²) in [6.07, 6.45) is 1.88. The van der Waals surface area contributed by atoms with Crippen LogP contribution in [0, 0.1) is 0 Å². The summed E-state index contributed by atoms with van der Waals surface area (Å²) < 4.78 is 0. The molecular weight excluding hydrogens is 426 g/mol. The molecule has 30 heavy (non-hydrogen) atoms. The van der Waals surface area contributed by atoms with Crippen LogP contribution in [0.1, 0.15) is 31.3 Å². The SMILES string of the molecule is O=C(O)c1ccc(CN2C(=O)c3sccc3NC(=O)C2Cc2ccccn2)cc1Cl. The van der Waals surface area contributed by atoms with Gasteiger partial charge < -0.3 is 15.3 Å². The van der Waals surface area contributed by atoms with Crippen LogP contribution in [0.2, 0.25) is 5.02 Å². The molecule has 0 spiro atoms. The molecule has 0 aliphatic carbocycles. The quantitative estimate of drug-likeness (QED) is 0.628. The van der Waals surface area contributed by atoms with Crippen molar-refractivity contribution < 1.29 is 19.5 Å². The number of carbonyl (C=O) groups is 3. The fraction of sp³-hybridized carbons (Fsp3) is 0.143. The molecule has 0 radical (unpaired) electrons. The number of hydrogen-bond acceptors (Lipinski definition) is 5. The Morgan fingerprint density at radius 3 is 2.77 bits per heavy atom. The number of amides is 2. The molecular formula is C21H16ClN3O4S. The van der Waals surface area contributed by atoms with Crippen molar-refractivity contribution in [3.8, 4) is 0 Å². The van der Waals surface area contributed by atoms with Crippen molar-refractivity contribution in [2.45, 2.75) is 19.0 Å². The number of nitrogens with one attached hydrogen (secondary N) is 1. The highest BCUT2D eigenvalue weighted by Crippen LogP contribution is 2.30. The zero-order valence-corrected chi connectivity index (χ0v) is 17.1. The van der Waals surface area contributed by atoms with Gasteiger partial charge in [0.15, 0.2) is 0 Å². The first-order valence-electron chi connectivity index (χ1n) is 9.05. The number of halogens is 1. The largest absolute Gasteiger partial charge is 0.478 e. The number of rotatable bonds is 5. The molecule has 1 aliphatic rings.